The molecule has 0 bridgehead atoms. The van der Waals surface area contributed by atoms with E-state index in [4.69, 9.17) is 9.15 Å². The average Bonchev–Trinajstić information content (AvgIpc) is 3.39. The number of ether oxygens (including phenoxy) is 1. The van der Waals surface area contributed by atoms with E-state index in [1.807, 2.05) is 0 Å². The van der Waals surface area contributed by atoms with Crippen molar-refractivity contribution in [2.45, 2.75) is 20.4 Å². The molecule has 29 heavy (non-hydrogen) atoms. The normalized spacial score (nSPS) is 11.4. The van der Waals surface area contributed by atoms with E-state index < -0.39 is 12.5 Å². The van der Waals surface area contributed by atoms with E-state index in [-0.39, 0.29) is 16.7 Å². The zero-order chi connectivity index (χ0) is 20.7. The number of alkyl halides is 2. The lowest BCUT2D eigenvalue weighted by molar-refractivity contribution is 0.0720. The molecule has 1 amide bonds. The molecule has 0 aliphatic heterocycles. The minimum atomic E-state index is -2.72. The summed E-state index contributed by atoms with van der Waals surface area (Å²) >= 11 is 1.07. The number of halogens is 2. The summed E-state index contributed by atoms with van der Waals surface area (Å²) in [6.07, 6.45) is 2.49. The van der Waals surface area contributed by atoms with Crippen LogP contribution in [0.1, 0.15) is 28.4 Å². The van der Waals surface area contributed by atoms with Gasteiger partial charge in [0.25, 0.3) is 5.91 Å². The number of rotatable bonds is 5. The second-order valence-corrected chi connectivity index (χ2v) is 7.24. The van der Waals surface area contributed by atoms with Crippen molar-refractivity contribution < 1.29 is 22.7 Å². The van der Waals surface area contributed by atoms with Crippen molar-refractivity contribution in [3.05, 3.63) is 47.6 Å². The molecule has 3 aromatic heterocycles. The predicted molar refractivity (Wildman–Crippen MR) is 105 cm³/mol. The van der Waals surface area contributed by atoms with E-state index in [9.17, 15) is 13.6 Å². The smallest absolute Gasteiger partial charge is 0.320 e. The Balaban J connectivity index is 1.63. The van der Waals surface area contributed by atoms with Crippen molar-refractivity contribution in [1.82, 2.24) is 14.5 Å². The van der Waals surface area contributed by atoms with Crippen LogP contribution in [0.2, 0.25) is 0 Å². The van der Waals surface area contributed by atoms with E-state index >= 15 is 0 Å². The maximum absolute atomic E-state index is 13.1. The van der Waals surface area contributed by atoms with Gasteiger partial charge in [0.2, 0.25) is 0 Å². The predicted octanol–water partition coefficient (Wildman–Crippen LogP) is 5.03. The third-order valence-electron chi connectivity index (χ3n) is 4.45. The Hall–Kier alpha value is -3.27. The lowest BCUT2D eigenvalue weighted by Gasteiger charge is -2.04. The number of carbonyl (C=O) groups is 1. The molecule has 0 spiro atoms. The molecule has 0 saturated carbocycles. The fourth-order valence-electron chi connectivity index (χ4n) is 3.00. The molecule has 0 aliphatic carbocycles. The quantitative estimate of drug-likeness (QED) is 0.492. The summed E-state index contributed by atoms with van der Waals surface area (Å²) in [6.45, 7) is 0.727. The number of carbonyl (C=O) groups excluding carboxylic acids is 1. The van der Waals surface area contributed by atoms with Crippen molar-refractivity contribution in [3.8, 4) is 16.5 Å². The first kappa shape index (κ1) is 19.1. The van der Waals surface area contributed by atoms with E-state index in [0.29, 0.717) is 27.5 Å². The van der Waals surface area contributed by atoms with Gasteiger partial charge in [-0.1, -0.05) is 11.3 Å². The summed E-state index contributed by atoms with van der Waals surface area (Å²) in [6, 6.07) is 5.27. The molecule has 10 heteroatoms. The van der Waals surface area contributed by atoms with Crippen LogP contribution in [0.4, 0.5) is 13.9 Å². The number of benzene rings is 1. The van der Waals surface area contributed by atoms with Crippen LogP contribution >= 0.6 is 11.3 Å². The Morgan fingerprint density at radius 2 is 2.14 bits per heavy atom. The number of furan rings is 1. The molecule has 7 nitrogen and oxygen atoms in total. The number of hydrogen-bond acceptors (Lipinski definition) is 6. The lowest BCUT2D eigenvalue weighted by Crippen LogP contribution is -2.11. The fraction of sp³-hybridized carbons (Fsp3) is 0.211. The summed E-state index contributed by atoms with van der Waals surface area (Å²) in [5.41, 5.74) is 1.71. The number of nitrogens with one attached hydrogen (secondary N) is 1. The van der Waals surface area contributed by atoms with Crippen LogP contribution in [-0.2, 0) is 0 Å². The van der Waals surface area contributed by atoms with Gasteiger partial charge in [0, 0.05) is 23.3 Å². The highest BCUT2D eigenvalue weighted by atomic mass is 32.1. The van der Waals surface area contributed by atoms with Gasteiger partial charge in [-0.25, -0.2) is 9.97 Å². The maximum atomic E-state index is 13.1. The van der Waals surface area contributed by atoms with Crippen LogP contribution in [0.15, 0.2) is 35.0 Å². The van der Waals surface area contributed by atoms with E-state index in [1.165, 1.54) is 12.4 Å². The molecule has 0 aliphatic rings. The van der Waals surface area contributed by atoms with Crippen LogP contribution in [0.5, 0.6) is 5.75 Å². The molecule has 0 fully saturated rings. The largest absolute Gasteiger partial charge is 0.497 e. The van der Waals surface area contributed by atoms with Crippen LogP contribution in [-0.4, -0.2) is 27.6 Å². The summed E-state index contributed by atoms with van der Waals surface area (Å²) in [5, 5.41) is 3.71. The van der Waals surface area contributed by atoms with Crippen molar-refractivity contribution >= 4 is 33.3 Å². The Bertz CT molecular complexity index is 1210. The maximum Gasteiger partial charge on any atom is 0.320 e. The first-order chi connectivity index (χ1) is 13.9. The van der Waals surface area contributed by atoms with Gasteiger partial charge in [0.1, 0.15) is 11.3 Å². The molecule has 0 unspecified atom stereocenters. The lowest BCUT2D eigenvalue weighted by atomic mass is 10.1. The minimum absolute atomic E-state index is 0.0995. The number of aryl methyl sites for hydroxylation is 2. The van der Waals surface area contributed by atoms with Crippen molar-refractivity contribution in [1.29, 1.82) is 0 Å². The number of anilines is 1. The third kappa shape index (κ3) is 3.35. The standard InChI is InChI=1S/C19H16F2N4O3S/c1-9-12-8-11(27-3)4-5-13(12)28-14(9)17(26)24-19-23-10(2)15(29-19)16-22-6-7-25(16)18(20)21/h4-8,18H,1-3H3,(H,23,24,26). The highest BCUT2D eigenvalue weighted by Gasteiger charge is 2.22. The van der Waals surface area contributed by atoms with E-state index in [2.05, 4.69) is 15.3 Å². The summed E-state index contributed by atoms with van der Waals surface area (Å²) < 4.78 is 37.9. The zero-order valence-electron chi connectivity index (χ0n) is 15.7. The Morgan fingerprint density at radius 1 is 1.34 bits per heavy atom. The van der Waals surface area contributed by atoms with Crippen molar-refractivity contribution in [2.75, 3.05) is 12.4 Å². The van der Waals surface area contributed by atoms with Gasteiger partial charge in [0.05, 0.1) is 17.7 Å². The highest BCUT2D eigenvalue weighted by molar-refractivity contribution is 7.19. The Kier molecular flexibility index (Phi) is 4.79. The minimum Gasteiger partial charge on any atom is -0.497 e. The third-order valence-corrected chi connectivity index (χ3v) is 5.52. The van der Waals surface area contributed by atoms with Crippen LogP contribution in [0.3, 0.4) is 0 Å². The summed E-state index contributed by atoms with van der Waals surface area (Å²) in [7, 11) is 1.56. The molecule has 0 radical (unpaired) electrons. The van der Waals surface area contributed by atoms with Crippen molar-refractivity contribution in [2.24, 2.45) is 0 Å². The Morgan fingerprint density at radius 3 is 2.86 bits per heavy atom. The summed E-state index contributed by atoms with van der Waals surface area (Å²) in [5.74, 6) is 0.428. The molecule has 3 heterocycles. The number of thiazole rings is 1. The molecular formula is C19H16F2N4O3S. The number of nitrogens with zero attached hydrogens (tertiary/aromatic N) is 3. The molecule has 4 rings (SSSR count). The number of methoxy groups -OCH3 is 1. The fourth-order valence-corrected chi connectivity index (χ4v) is 3.96. The zero-order valence-corrected chi connectivity index (χ0v) is 16.5. The van der Waals surface area contributed by atoms with Gasteiger partial charge in [0.15, 0.2) is 16.7 Å². The van der Waals surface area contributed by atoms with E-state index in [0.717, 1.165) is 21.3 Å². The molecule has 0 atom stereocenters. The van der Waals surface area contributed by atoms with Gasteiger partial charge in [-0.3, -0.25) is 14.7 Å². The number of imidazole rings is 1. The molecule has 1 N–H and O–H groups in total. The topological polar surface area (TPSA) is 82.2 Å². The van der Waals surface area contributed by atoms with Gasteiger partial charge in [-0.05, 0) is 32.0 Å². The number of hydrogen-bond donors (Lipinski definition) is 1. The second kappa shape index (κ2) is 7.28. The molecule has 0 saturated heterocycles. The highest BCUT2D eigenvalue weighted by Crippen LogP contribution is 2.34. The molecule has 4 aromatic rings. The monoisotopic (exact) mass is 418 g/mol. The van der Waals surface area contributed by atoms with Gasteiger partial charge in [-0.2, -0.15) is 8.78 Å². The molecular weight excluding hydrogens is 402 g/mol. The average molecular weight is 418 g/mol. The van der Waals surface area contributed by atoms with Gasteiger partial charge >= 0.3 is 6.55 Å². The first-order valence-electron chi connectivity index (χ1n) is 8.56. The van der Waals surface area contributed by atoms with Gasteiger partial charge in [-0.15, -0.1) is 0 Å². The van der Waals surface area contributed by atoms with Crippen LogP contribution in [0.25, 0.3) is 21.7 Å². The van der Waals surface area contributed by atoms with E-state index in [1.54, 1.807) is 39.2 Å². The summed E-state index contributed by atoms with van der Waals surface area (Å²) in [4.78, 5) is 21.4. The van der Waals surface area contributed by atoms with Crippen molar-refractivity contribution in [3.63, 3.8) is 0 Å². The first-order valence-corrected chi connectivity index (χ1v) is 9.38. The SMILES string of the molecule is COc1ccc2oc(C(=O)Nc3nc(C)c(-c4nccn4C(F)F)s3)c(C)c2c1. The van der Waals surface area contributed by atoms with Gasteiger partial charge < -0.3 is 9.15 Å². The molecule has 150 valence electrons. The number of aromatic nitrogens is 3. The number of amides is 1. The Labute approximate surface area is 168 Å². The number of fused-ring (bicyclic) bond motifs is 1. The van der Waals surface area contributed by atoms with Crippen LogP contribution in [0, 0.1) is 13.8 Å². The van der Waals surface area contributed by atoms with Crippen LogP contribution < -0.4 is 10.1 Å². The second-order valence-electron chi connectivity index (χ2n) is 6.24. The molecule has 1 aromatic carbocycles.